The zero-order chi connectivity index (χ0) is 23.6. The third-order valence-corrected chi connectivity index (χ3v) is 4.69. The van der Waals surface area contributed by atoms with E-state index in [1.807, 2.05) is 35.2 Å². The lowest BCUT2D eigenvalue weighted by molar-refractivity contribution is 0.305. The van der Waals surface area contributed by atoms with Crippen LogP contribution in [0.3, 0.4) is 0 Å². The van der Waals surface area contributed by atoms with Crippen LogP contribution in [0.25, 0.3) is 22.2 Å². The first-order valence-electron chi connectivity index (χ1n) is 10.8. The summed E-state index contributed by atoms with van der Waals surface area (Å²) in [4.78, 5) is 11.1. The van der Waals surface area contributed by atoms with E-state index in [9.17, 15) is 5.11 Å². The molecule has 1 N–H and O–H groups in total. The zero-order valence-corrected chi connectivity index (χ0v) is 16.6. The summed E-state index contributed by atoms with van der Waals surface area (Å²) in [5.41, 5.74) is 3.44. The van der Waals surface area contributed by atoms with Crippen molar-refractivity contribution in [2.75, 3.05) is 32.3 Å². The van der Waals surface area contributed by atoms with E-state index in [0.717, 1.165) is 15.9 Å². The van der Waals surface area contributed by atoms with Crippen molar-refractivity contribution in [3.05, 3.63) is 55.0 Å². The van der Waals surface area contributed by atoms with Crippen LogP contribution in [0.5, 0.6) is 11.5 Å². The molecule has 0 aliphatic heterocycles. The van der Waals surface area contributed by atoms with E-state index in [2.05, 4.69) is 10.1 Å². The highest BCUT2D eigenvalue weighted by Gasteiger charge is 2.15. The molecule has 0 saturated carbocycles. The first-order chi connectivity index (χ1) is 15.8. The molecule has 0 spiro atoms. The topological polar surface area (TPSA) is 85.5 Å². The molecule has 0 unspecified atom stereocenters. The van der Waals surface area contributed by atoms with Crippen molar-refractivity contribution in [1.82, 2.24) is 19.7 Å². The Labute approximate surface area is 178 Å². The van der Waals surface area contributed by atoms with Gasteiger partial charge < -0.3 is 19.5 Å². The number of fused-ring (bicyclic) bond motifs is 1. The van der Waals surface area contributed by atoms with Crippen molar-refractivity contribution < 1.29 is 18.7 Å². The van der Waals surface area contributed by atoms with Gasteiger partial charge in [-0.2, -0.15) is 5.10 Å². The number of aliphatic hydroxyl groups is 1. The van der Waals surface area contributed by atoms with Crippen LogP contribution in [-0.2, 0) is 6.98 Å². The molecule has 0 aliphatic rings. The highest BCUT2D eigenvalue weighted by Crippen LogP contribution is 2.32. The van der Waals surface area contributed by atoms with E-state index in [-0.39, 0.29) is 13.2 Å². The summed E-state index contributed by atoms with van der Waals surface area (Å²) >= 11 is 0. The molecule has 0 amide bonds. The molecule has 0 bridgehead atoms. The second kappa shape index (κ2) is 8.38. The van der Waals surface area contributed by atoms with Gasteiger partial charge in [-0.3, -0.25) is 9.67 Å². The number of anilines is 2. The summed E-state index contributed by atoms with van der Waals surface area (Å²) < 4.78 is 34.2. The Kier molecular flexibility index (Phi) is 4.52. The monoisotopic (exact) mass is 408 g/mol. The number of methoxy groups -OCH3 is 2. The van der Waals surface area contributed by atoms with E-state index < -0.39 is 6.98 Å². The Morgan fingerprint density at radius 1 is 1.03 bits per heavy atom. The largest absolute Gasteiger partial charge is 0.497 e. The summed E-state index contributed by atoms with van der Waals surface area (Å²) in [7, 11) is 3.14. The Hall–Kier alpha value is -3.65. The van der Waals surface area contributed by atoms with Gasteiger partial charge in [-0.05, 0) is 17.7 Å². The molecular formula is C22H23N5O3. The van der Waals surface area contributed by atoms with Crippen molar-refractivity contribution in [2.45, 2.75) is 0 Å². The molecule has 8 nitrogen and oxygen atoms in total. The Morgan fingerprint density at radius 2 is 1.83 bits per heavy atom. The summed E-state index contributed by atoms with van der Waals surface area (Å²) in [6.07, 6.45) is 4.62. The summed E-state index contributed by atoms with van der Waals surface area (Å²) in [6.45, 7) is -2.17. The van der Waals surface area contributed by atoms with Crippen LogP contribution >= 0.6 is 0 Å². The molecule has 0 radical (unpaired) electrons. The van der Waals surface area contributed by atoms with Crippen LogP contribution in [0.2, 0.25) is 0 Å². The first-order valence-corrected chi connectivity index (χ1v) is 9.26. The number of hydrogen-bond acceptors (Lipinski definition) is 7. The third kappa shape index (κ3) is 3.90. The minimum absolute atomic E-state index is 0.104. The van der Waals surface area contributed by atoms with E-state index in [1.165, 1.54) is 12.4 Å². The number of aryl methyl sites for hydroxylation is 1. The molecular weight excluding hydrogens is 382 g/mol. The fourth-order valence-corrected chi connectivity index (χ4v) is 3.21. The van der Waals surface area contributed by atoms with E-state index in [0.29, 0.717) is 33.9 Å². The second-order valence-corrected chi connectivity index (χ2v) is 6.55. The lowest BCUT2D eigenvalue weighted by Crippen LogP contribution is -2.22. The molecule has 2 aromatic heterocycles. The average Bonchev–Trinajstić information content (AvgIpc) is 3.32. The van der Waals surface area contributed by atoms with Gasteiger partial charge in [0.15, 0.2) is 5.82 Å². The predicted molar refractivity (Wildman–Crippen MR) is 115 cm³/mol. The number of benzene rings is 2. The van der Waals surface area contributed by atoms with Gasteiger partial charge in [0.1, 0.15) is 11.5 Å². The maximum absolute atomic E-state index is 9.68. The molecule has 154 valence electrons. The molecule has 4 rings (SSSR count). The van der Waals surface area contributed by atoms with Crippen molar-refractivity contribution in [3.8, 4) is 22.6 Å². The normalized spacial score (nSPS) is 12.8. The standard InChI is InChI=1S/C22H23N5O3/c1-26-14-16(12-24-26)15-4-5-20-21(8-15)25-22(13-23-20)27(6-7-28)17-9-18(29-2)11-19(10-17)30-3/h4-5,8-14,28H,6-7H2,1-3H3/i1D3. The summed E-state index contributed by atoms with van der Waals surface area (Å²) in [6, 6.07) is 10.9. The molecule has 2 heterocycles. The van der Waals surface area contributed by atoms with Crippen LogP contribution < -0.4 is 14.4 Å². The van der Waals surface area contributed by atoms with E-state index in [1.54, 1.807) is 26.5 Å². The quantitative estimate of drug-likeness (QED) is 0.503. The fraction of sp³-hybridized carbons (Fsp3) is 0.227. The van der Waals surface area contributed by atoms with Gasteiger partial charge in [-0.15, -0.1) is 0 Å². The molecule has 0 saturated heterocycles. The molecule has 2 aromatic carbocycles. The van der Waals surface area contributed by atoms with Crippen LogP contribution in [0.15, 0.2) is 55.0 Å². The highest BCUT2D eigenvalue weighted by atomic mass is 16.5. The number of rotatable bonds is 7. The maximum atomic E-state index is 9.68. The van der Waals surface area contributed by atoms with Gasteiger partial charge in [-0.1, -0.05) is 6.07 Å². The average molecular weight is 408 g/mol. The van der Waals surface area contributed by atoms with Crippen molar-refractivity contribution in [1.29, 1.82) is 0 Å². The van der Waals surface area contributed by atoms with E-state index in [4.69, 9.17) is 18.6 Å². The highest BCUT2D eigenvalue weighted by molar-refractivity contribution is 5.82. The zero-order valence-electron chi connectivity index (χ0n) is 19.6. The second-order valence-electron chi connectivity index (χ2n) is 6.55. The van der Waals surface area contributed by atoms with Crippen LogP contribution in [0, 0.1) is 0 Å². The SMILES string of the molecule is [2H]C([2H])([2H])n1cc(-c2ccc3ncc(N(CCO)c4cc(OC)cc(OC)c4)nc3c2)cn1. The van der Waals surface area contributed by atoms with Gasteiger partial charge >= 0.3 is 0 Å². The van der Waals surface area contributed by atoms with Crippen molar-refractivity contribution in [2.24, 2.45) is 6.98 Å². The lowest BCUT2D eigenvalue weighted by Gasteiger charge is -2.24. The van der Waals surface area contributed by atoms with Gasteiger partial charge in [-0.25, -0.2) is 4.98 Å². The van der Waals surface area contributed by atoms with Gasteiger partial charge in [0.25, 0.3) is 0 Å². The molecule has 0 aliphatic carbocycles. The molecule has 0 fully saturated rings. The van der Waals surface area contributed by atoms with Crippen LogP contribution in [0.4, 0.5) is 11.5 Å². The molecule has 30 heavy (non-hydrogen) atoms. The fourth-order valence-electron chi connectivity index (χ4n) is 3.21. The van der Waals surface area contributed by atoms with Crippen molar-refractivity contribution >= 4 is 22.5 Å². The Morgan fingerprint density at radius 3 is 2.50 bits per heavy atom. The Balaban J connectivity index is 1.76. The smallest absolute Gasteiger partial charge is 0.152 e. The molecule has 4 aromatic rings. The maximum Gasteiger partial charge on any atom is 0.152 e. The number of ether oxygens (including phenoxy) is 2. The van der Waals surface area contributed by atoms with Crippen molar-refractivity contribution in [3.63, 3.8) is 0 Å². The predicted octanol–water partition coefficient (Wildman–Crippen LogP) is 3.18. The van der Waals surface area contributed by atoms with Gasteiger partial charge in [0.2, 0.25) is 0 Å². The number of aromatic nitrogens is 4. The lowest BCUT2D eigenvalue weighted by atomic mass is 10.1. The van der Waals surface area contributed by atoms with Crippen LogP contribution in [-0.4, -0.2) is 52.2 Å². The number of aliphatic hydroxyl groups excluding tert-OH is 1. The van der Waals surface area contributed by atoms with Crippen LogP contribution in [0.1, 0.15) is 4.11 Å². The first kappa shape index (κ1) is 16.2. The minimum atomic E-state index is -2.34. The summed E-state index contributed by atoms with van der Waals surface area (Å²) in [5, 5.41) is 13.6. The summed E-state index contributed by atoms with van der Waals surface area (Å²) in [5.74, 6) is 1.74. The number of nitrogens with zero attached hydrogens (tertiary/aromatic N) is 5. The Bertz CT molecular complexity index is 1250. The number of hydrogen-bond donors (Lipinski definition) is 1. The molecule has 8 heteroatoms. The third-order valence-electron chi connectivity index (χ3n) is 4.69. The molecule has 0 atom stereocenters. The van der Waals surface area contributed by atoms with E-state index >= 15 is 0 Å². The van der Waals surface area contributed by atoms with Gasteiger partial charge in [0.05, 0.1) is 44.3 Å². The van der Waals surface area contributed by atoms with Gasteiger partial charge in [0, 0.05) is 53.3 Å². The minimum Gasteiger partial charge on any atom is -0.497 e.